The molecule has 0 amide bonds. The van der Waals surface area contributed by atoms with E-state index in [9.17, 15) is 5.11 Å². The quantitative estimate of drug-likeness (QED) is 0.144. The van der Waals surface area contributed by atoms with E-state index in [1.54, 1.807) is 5.57 Å². The maximum Gasteiger partial charge on any atom is 0.0577 e. The van der Waals surface area contributed by atoms with Gasteiger partial charge in [0.05, 0.1) is 6.10 Å². The minimum absolute atomic E-state index is 0.0903. The van der Waals surface area contributed by atoms with E-state index in [1.807, 2.05) is 0 Å². The number of hydrogen-bond donors (Lipinski definition) is 1. The van der Waals surface area contributed by atoms with Gasteiger partial charge in [0.1, 0.15) is 0 Å². The molecule has 462 valence electrons. The fourth-order valence-corrected chi connectivity index (χ4v) is 20.2. The van der Waals surface area contributed by atoms with E-state index in [4.69, 9.17) is 0 Å². The molecule has 1 nitrogen and oxygen atoms in total. The summed E-state index contributed by atoms with van der Waals surface area (Å²) < 4.78 is 0. The van der Waals surface area contributed by atoms with E-state index in [-0.39, 0.29) is 6.10 Å². The van der Waals surface area contributed by atoms with Gasteiger partial charge < -0.3 is 5.11 Å². The maximum absolute atomic E-state index is 10.2. The van der Waals surface area contributed by atoms with Gasteiger partial charge in [-0.2, -0.15) is 0 Å². The Kier molecular flexibility index (Phi) is 24.8. The Hall–Kier alpha value is -0.340. The monoisotopic (exact) mass is 1160 g/mol. The van der Waals surface area contributed by atoms with Crippen LogP contribution in [0.15, 0.2) is 36.0 Å². The minimum atomic E-state index is -0.0903. The number of aliphatic hydroxyl groups excluding tert-OH is 1. The Balaban J connectivity index is 0.000000228. The smallest absolute Gasteiger partial charge is 0.0577 e. The first-order valence-electron chi connectivity index (χ1n) is 34.5. The summed E-state index contributed by atoms with van der Waals surface area (Å²) in [4.78, 5) is 0. The highest BCUT2D eigenvalue weighted by Gasteiger charge is 2.60. The van der Waals surface area contributed by atoms with E-state index in [2.05, 4.69) is 214 Å². The summed E-state index contributed by atoms with van der Waals surface area (Å²) in [5.74, 6) is 9.47. The molecule has 0 saturated heterocycles. The highest BCUT2D eigenvalue weighted by Crippen LogP contribution is 2.68. The van der Waals surface area contributed by atoms with Crippen molar-refractivity contribution in [3.63, 3.8) is 0 Å². The average molecular weight is 1160 g/mol. The Morgan fingerprint density at radius 3 is 1.56 bits per heavy atom. The molecule has 0 aromatic rings. The van der Waals surface area contributed by atoms with Gasteiger partial charge >= 0.3 is 0 Å². The van der Waals surface area contributed by atoms with Gasteiger partial charge in [0, 0.05) is 5.33 Å². The highest BCUT2D eigenvalue weighted by atomic mass is 79.9. The molecule has 8 aliphatic carbocycles. The van der Waals surface area contributed by atoms with Crippen molar-refractivity contribution in [2.45, 2.75) is 327 Å². The normalized spacial score (nSPS) is 40.7. The fraction of sp³-hybridized carbons (Fsp3) is 0.922. The number of allylic oxidation sites excluding steroid dienone is 4. The van der Waals surface area contributed by atoms with Gasteiger partial charge in [-0.25, -0.2) is 0 Å². The molecule has 8 aliphatic rings. The van der Waals surface area contributed by atoms with Gasteiger partial charge in [-0.05, 0) is 242 Å². The van der Waals surface area contributed by atoms with Crippen LogP contribution < -0.4 is 0 Å². The van der Waals surface area contributed by atoms with Crippen LogP contribution in [-0.2, 0) is 0 Å². The highest BCUT2D eigenvalue weighted by molar-refractivity contribution is 9.09. The molecule has 0 aliphatic heterocycles. The van der Waals surface area contributed by atoms with E-state index >= 15 is 0 Å². The Morgan fingerprint density at radius 2 is 1.15 bits per heavy atom. The molecule has 0 aromatic heterocycles. The third-order valence-electron chi connectivity index (χ3n) is 29.7. The van der Waals surface area contributed by atoms with Crippen LogP contribution in [0.4, 0.5) is 0 Å². The van der Waals surface area contributed by atoms with Gasteiger partial charge in [-0.15, -0.1) is 0 Å². The van der Waals surface area contributed by atoms with Crippen LogP contribution in [0, 0.1) is 119 Å². The zero-order chi connectivity index (χ0) is 60.2. The van der Waals surface area contributed by atoms with E-state index < -0.39 is 0 Å². The molecule has 2 heteroatoms. The van der Waals surface area contributed by atoms with Crippen molar-refractivity contribution in [1.82, 2.24) is 0 Å². The lowest BCUT2D eigenvalue weighted by molar-refractivity contribution is -0.0540. The van der Waals surface area contributed by atoms with Gasteiger partial charge in [-0.1, -0.05) is 250 Å². The van der Waals surface area contributed by atoms with Crippen LogP contribution in [0.25, 0.3) is 0 Å². The van der Waals surface area contributed by atoms with Crippen molar-refractivity contribution in [1.29, 1.82) is 0 Å². The largest absolute Gasteiger partial charge is 0.393 e. The fourth-order valence-electron chi connectivity index (χ4n) is 19.5. The molecular formula is C77H141BrO. The summed E-state index contributed by atoms with van der Waals surface area (Å²) in [5.41, 5.74) is 8.24. The van der Waals surface area contributed by atoms with Crippen LogP contribution in [0.1, 0.15) is 321 Å². The topological polar surface area (TPSA) is 20.2 Å². The van der Waals surface area contributed by atoms with E-state index in [1.165, 1.54) is 134 Å². The maximum atomic E-state index is 10.2. The van der Waals surface area contributed by atoms with Gasteiger partial charge in [-0.3, -0.25) is 0 Å². The zero-order valence-corrected chi connectivity index (χ0v) is 59.7. The predicted octanol–water partition coefficient (Wildman–Crippen LogP) is 24.9. The molecule has 7 fully saturated rings. The molecule has 8 rings (SSSR count). The summed E-state index contributed by atoms with van der Waals surface area (Å²) >= 11 is 3.73. The Morgan fingerprint density at radius 1 is 0.633 bits per heavy atom. The predicted molar refractivity (Wildman–Crippen MR) is 357 cm³/mol. The number of halogens is 1. The van der Waals surface area contributed by atoms with Crippen molar-refractivity contribution in [2.24, 2.45) is 119 Å². The second kappa shape index (κ2) is 27.6. The lowest BCUT2D eigenvalue weighted by Crippen LogP contribution is -2.50. The average Bonchev–Trinajstić information content (AvgIpc) is 4.07. The SMILES string of the molecule is C=C(C)C/C=C/[C@@H](C)[C@H]1CC[C@H]2[C@@H]3CC=C4C[C@@H](O)CC[C@]4(C)[C@H]3CC[C@]12C.CC(C)CCC[C@@H](C)C1(CCBr)CCC(C)C1(C)C.CC1CCC(C)(C)C1(C)C.CC[C@@]1(C)CCC(C)C1(C)C.CC[C@]1(C)CCC(C)C1(C)C. The minimum Gasteiger partial charge on any atom is -0.393 e. The van der Waals surface area contributed by atoms with E-state index in [0.29, 0.717) is 60.1 Å². The van der Waals surface area contributed by atoms with Crippen LogP contribution >= 0.6 is 15.9 Å². The molecular weight excluding hydrogens is 1020 g/mol. The van der Waals surface area contributed by atoms with Crippen molar-refractivity contribution in [3.8, 4) is 0 Å². The molecule has 0 radical (unpaired) electrons. The molecule has 0 aromatic carbocycles. The Labute approximate surface area is 505 Å². The van der Waals surface area contributed by atoms with E-state index in [0.717, 1.165) is 83.8 Å². The van der Waals surface area contributed by atoms with Crippen molar-refractivity contribution in [3.05, 3.63) is 36.0 Å². The summed E-state index contributed by atoms with van der Waals surface area (Å²) in [7, 11) is 0. The summed E-state index contributed by atoms with van der Waals surface area (Å²) in [5, 5.41) is 11.4. The Bertz CT molecular complexity index is 1910. The van der Waals surface area contributed by atoms with Gasteiger partial charge in [0.2, 0.25) is 0 Å². The number of alkyl halides is 1. The molecule has 79 heavy (non-hydrogen) atoms. The van der Waals surface area contributed by atoms with Gasteiger partial charge in [0.15, 0.2) is 0 Å². The van der Waals surface area contributed by atoms with Crippen molar-refractivity contribution >= 4 is 15.9 Å². The second-order valence-corrected chi connectivity index (χ2v) is 35.3. The van der Waals surface area contributed by atoms with Crippen molar-refractivity contribution in [2.75, 3.05) is 5.33 Å². The number of rotatable bonds is 13. The number of fused-ring (bicyclic) bond motifs is 5. The molecule has 0 spiro atoms. The van der Waals surface area contributed by atoms with Crippen LogP contribution in [-0.4, -0.2) is 16.5 Å². The molecule has 7 saturated carbocycles. The third-order valence-corrected chi connectivity index (χ3v) is 30.1. The lowest BCUT2D eigenvalue weighted by Gasteiger charge is -2.58. The van der Waals surface area contributed by atoms with Crippen molar-refractivity contribution < 1.29 is 5.11 Å². The number of aliphatic hydroxyl groups is 1. The molecule has 0 heterocycles. The molecule has 0 bridgehead atoms. The lowest BCUT2D eigenvalue weighted by atomic mass is 9.47. The zero-order valence-electron chi connectivity index (χ0n) is 58.2. The summed E-state index contributed by atoms with van der Waals surface area (Å²) in [6.07, 6.45) is 38.1. The number of hydrogen-bond acceptors (Lipinski definition) is 1. The standard InChI is InChI=1S/C27H42O.C18H35Br.2C11H22.C10H20/c1-18(2)7-6-8-19(3)23-11-12-24-22-10-9-20-17-21(28)13-15-26(20,4)25(22)14-16-27(23,24)5;1-14(2)8-7-9-16(4)18(12-13-19)11-10-15(3)17(18,5)6;2*1-6-11(5)8-7-9(2)10(11,3)4;1-8-6-7-9(2,3)10(8,4)5/h6,8-9,19,21-25,28H,1,7,10-17H2,2-5H3;14-16H,7-13H2,1-6H3;2*9H,6-8H2,1-5H3;8H,6-7H2,1-5H3/b8-6+;;;;/t19-,21+,22+,23-,24+,25+,26+,27-;15?,16-,18?;2*9?,11-;/m1110./s1. The van der Waals surface area contributed by atoms with Gasteiger partial charge in [0.25, 0.3) is 0 Å². The summed E-state index contributed by atoms with van der Waals surface area (Å²) in [6.45, 7) is 64.7. The van der Waals surface area contributed by atoms with Crippen LogP contribution in [0.2, 0.25) is 0 Å². The first-order valence-corrected chi connectivity index (χ1v) is 35.7. The molecule has 1 N–H and O–H groups in total. The summed E-state index contributed by atoms with van der Waals surface area (Å²) in [6, 6.07) is 0. The molecule has 5 unspecified atom stereocenters. The first-order chi connectivity index (χ1) is 36.3. The first kappa shape index (κ1) is 71.1. The second-order valence-electron chi connectivity index (χ2n) is 34.5. The molecule has 16 atom stereocenters. The van der Waals surface area contributed by atoms with Crippen LogP contribution in [0.5, 0.6) is 0 Å². The third kappa shape index (κ3) is 14.7. The van der Waals surface area contributed by atoms with Crippen LogP contribution in [0.3, 0.4) is 0 Å².